The molecule has 0 aliphatic carbocycles. The Labute approximate surface area is 187 Å². The molecule has 0 spiro atoms. The molecule has 0 aliphatic rings. The van der Waals surface area contributed by atoms with Gasteiger partial charge in [-0.1, -0.05) is 36.7 Å². The molecule has 1 N–H and O–H groups in total. The van der Waals surface area contributed by atoms with Gasteiger partial charge in [0.05, 0.1) is 29.5 Å². The SMILES string of the molecule is CCC(CC(O)(C=Nc1cccc2c(=O)occc12)C(F)(F)F)c1cccc(Cl)c1OC. The average Bonchev–Trinajstić information content (AvgIpc) is 2.75. The Bertz CT molecular complexity index is 1190. The molecule has 32 heavy (non-hydrogen) atoms. The smallest absolute Gasteiger partial charge is 0.422 e. The Morgan fingerprint density at radius 2 is 1.91 bits per heavy atom. The molecule has 0 aliphatic heterocycles. The average molecular weight is 468 g/mol. The molecule has 170 valence electrons. The molecule has 3 aromatic rings. The van der Waals surface area contributed by atoms with Crippen LogP contribution in [0.3, 0.4) is 0 Å². The highest BCUT2D eigenvalue weighted by Gasteiger charge is 2.53. The van der Waals surface area contributed by atoms with Crippen molar-refractivity contribution in [1.82, 2.24) is 0 Å². The van der Waals surface area contributed by atoms with Crippen molar-refractivity contribution in [3.05, 3.63) is 69.7 Å². The number of hydrogen-bond acceptors (Lipinski definition) is 5. The minimum Gasteiger partial charge on any atom is -0.495 e. The zero-order valence-corrected chi connectivity index (χ0v) is 18.1. The van der Waals surface area contributed by atoms with Gasteiger partial charge in [-0.15, -0.1) is 0 Å². The first-order valence-corrected chi connectivity index (χ1v) is 10.2. The second-order valence-electron chi connectivity index (χ2n) is 7.30. The number of benzene rings is 2. The summed E-state index contributed by atoms with van der Waals surface area (Å²) in [6.07, 6.45) is -3.79. The van der Waals surface area contributed by atoms with Crippen LogP contribution in [0.15, 0.2) is 62.9 Å². The molecule has 0 amide bonds. The van der Waals surface area contributed by atoms with Crippen molar-refractivity contribution >= 4 is 34.3 Å². The monoisotopic (exact) mass is 467 g/mol. The van der Waals surface area contributed by atoms with E-state index in [2.05, 4.69) is 4.99 Å². The number of fused-ring (bicyclic) bond motifs is 1. The topological polar surface area (TPSA) is 72.0 Å². The van der Waals surface area contributed by atoms with E-state index in [-0.39, 0.29) is 28.3 Å². The first kappa shape index (κ1) is 23.8. The predicted molar refractivity (Wildman–Crippen MR) is 117 cm³/mol. The molecule has 0 saturated heterocycles. The minimum absolute atomic E-state index is 0.103. The maximum atomic E-state index is 14.0. The molecule has 2 aromatic carbocycles. The first-order valence-electron chi connectivity index (χ1n) is 9.78. The van der Waals surface area contributed by atoms with Gasteiger partial charge in [0.1, 0.15) is 5.75 Å². The Hall–Kier alpha value is -2.84. The molecule has 1 heterocycles. The van der Waals surface area contributed by atoms with E-state index in [0.717, 1.165) is 6.26 Å². The predicted octanol–water partition coefficient (Wildman–Crippen LogP) is 6.03. The van der Waals surface area contributed by atoms with Crippen LogP contribution in [-0.4, -0.2) is 30.2 Å². The molecule has 0 fully saturated rings. The Morgan fingerprint density at radius 1 is 1.19 bits per heavy atom. The van der Waals surface area contributed by atoms with Crippen LogP contribution < -0.4 is 10.4 Å². The Morgan fingerprint density at radius 3 is 2.56 bits per heavy atom. The van der Waals surface area contributed by atoms with Crippen LogP contribution in [0.2, 0.25) is 5.02 Å². The van der Waals surface area contributed by atoms with Crippen LogP contribution in [0.4, 0.5) is 18.9 Å². The van der Waals surface area contributed by atoms with Gasteiger partial charge in [0.25, 0.3) is 0 Å². The summed E-state index contributed by atoms with van der Waals surface area (Å²) in [7, 11) is 1.38. The van der Waals surface area contributed by atoms with E-state index in [1.165, 1.54) is 31.4 Å². The highest BCUT2D eigenvalue weighted by molar-refractivity contribution is 6.32. The number of hydrogen-bond donors (Lipinski definition) is 1. The van der Waals surface area contributed by atoms with Gasteiger partial charge in [-0.25, -0.2) is 4.79 Å². The summed E-state index contributed by atoms with van der Waals surface area (Å²) in [5, 5.41) is 11.5. The number of halogens is 4. The van der Waals surface area contributed by atoms with Crippen LogP contribution in [0.25, 0.3) is 10.8 Å². The number of ether oxygens (including phenoxy) is 1. The first-order chi connectivity index (χ1) is 15.1. The highest BCUT2D eigenvalue weighted by atomic mass is 35.5. The normalized spacial score (nSPS) is 15.1. The Kier molecular flexibility index (Phi) is 6.95. The molecule has 2 atom stereocenters. The summed E-state index contributed by atoms with van der Waals surface area (Å²) in [5.41, 5.74) is -3.31. The molecular formula is C23H21ClF3NO4. The molecule has 5 nitrogen and oxygen atoms in total. The maximum absolute atomic E-state index is 14.0. The van der Waals surface area contributed by atoms with Gasteiger partial charge in [0.15, 0.2) is 5.60 Å². The van der Waals surface area contributed by atoms with E-state index < -0.39 is 29.7 Å². The van der Waals surface area contributed by atoms with Gasteiger partial charge in [0.2, 0.25) is 0 Å². The molecular weight excluding hydrogens is 447 g/mol. The van der Waals surface area contributed by atoms with E-state index in [1.54, 1.807) is 25.1 Å². The zero-order valence-electron chi connectivity index (χ0n) is 17.3. The fourth-order valence-corrected chi connectivity index (χ4v) is 3.84. The van der Waals surface area contributed by atoms with Crippen molar-refractivity contribution in [2.45, 2.75) is 37.5 Å². The summed E-state index contributed by atoms with van der Waals surface area (Å²) < 4.78 is 52.1. The van der Waals surface area contributed by atoms with E-state index in [1.807, 2.05) is 0 Å². The lowest BCUT2D eigenvalue weighted by atomic mass is 9.84. The van der Waals surface area contributed by atoms with Crippen molar-refractivity contribution < 1.29 is 27.4 Å². The fraction of sp³-hybridized carbons (Fsp3) is 0.304. The number of aliphatic imine (C=N–C) groups is 1. The third-order valence-corrected chi connectivity index (χ3v) is 5.61. The van der Waals surface area contributed by atoms with E-state index >= 15 is 0 Å². The molecule has 9 heteroatoms. The highest BCUT2D eigenvalue weighted by Crippen LogP contribution is 2.43. The molecule has 2 unspecified atom stereocenters. The minimum atomic E-state index is -5.00. The lowest BCUT2D eigenvalue weighted by molar-refractivity contribution is -0.232. The van der Waals surface area contributed by atoms with Crippen LogP contribution in [-0.2, 0) is 0 Å². The van der Waals surface area contributed by atoms with Crippen LogP contribution in [0, 0.1) is 0 Å². The summed E-state index contributed by atoms with van der Waals surface area (Å²) in [6.45, 7) is 1.71. The summed E-state index contributed by atoms with van der Waals surface area (Å²) in [5.74, 6) is -0.454. The third kappa shape index (κ3) is 4.66. The number of rotatable bonds is 7. The van der Waals surface area contributed by atoms with Crippen molar-refractivity contribution in [2.24, 2.45) is 4.99 Å². The third-order valence-electron chi connectivity index (χ3n) is 5.31. The van der Waals surface area contributed by atoms with E-state index in [0.29, 0.717) is 17.2 Å². The molecule has 0 bridgehead atoms. The van der Waals surface area contributed by atoms with Crippen LogP contribution in [0.5, 0.6) is 5.75 Å². The van der Waals surface area contributed by atoms with Gasteiger partial charge in [-0.2, -0.15) is 13.2 Å². The van der Waals surface area contributed by atoms with Crippen molar-refractivity contribution in [3.8, 4) is 5.75 Å². The van der Waals surface area contributed by atoms with E-state index in [9.17, 15) is 23.1 Å². The number of alkyl halides is 3. The Balaban J connectivity index is 2.04. The van der Waals surface area contributed by atoms with Gasteiger partial charge >= 0.3 is 11.8 Å². The van der Waals surface area contributed by atoms with Gasteiger partial charge in [-0.05, 0) is 48.6 Å². The van der Waals surface area contributed by atoms with Crippen molar-refractivity contribution in [2.75, 3.05) is 7.11 Å². The largest absolute Gasteiger partial charge is 0.495 e. The van der Waals surface area contributed by atoms with Crippen molar-refractivity contribution in [1.29, 1.82) is 0 Å². The number of nitrogens with zero attached hydrogens (tertiary/aromatic N) is 1. The second-order valence-corrected chi connectivity index (χ2v) is 7.71. The van der Waals surface area contributed by atoms with Gasteiger partial charge in [-0.3, -0.25) is 4.99 Å². The summed E-state index contributed by atoms with van der Waals surface area (Å²) in [6, 6.07) is 10.7. The van der Waals surface area contributed by atoms with Crippen LogP contribution >= 0.6 is 11.6 Å². The fourth-order valence-electron chi connectivity index (χ4n) is 3.58. The van der Waals surface area contributed by atoms with E-state index in [4.69, 9.17) is 20.8 Å². The lowest BCUT2D eigenvalue weighted by Gasteiger charge is -2.31. The summed E-state index contributed by atoms with van der Waals surface area (Å²) >= 11 is 6.13. The number of aliphatic hydroxyl groups is 1. The summed E-state index contributed by atoms with van der Waals surface area (Å²) in [4.78, 5) is 15.8. The zero-order chi connectivity index (χ0) is 23.5. The van der Waals surface area contributed by atoms with Crippen molar-refractivity contribution in [3.63, 3.8) is 0 Å². The van der Waals surface area contributed by atoms with Crippen LogP contribution in [0.1, 0.15) is 31.2 Å². The number of para-hydroxylation sites is 1. The van der Waals surface area contributed by atoms with Gasteiger partial charge in [0, 0.05) is 11.6 Å². The standard InChI is InChI=1S/C23H21ClF3NO4/c1-3-14(15-6-4-8-18(24)20(15)31-2)12-22(30,23(25,26)27)13-28-19-9-5-7-17-16(19)10-11-32-21(17)29/h4-11,13-14,30H,3,12H2,1-2H3. The van der Waals surface area contributed by atoms with Gasteiger partial charge < -0.3 is 14.3 Å². The molecule has 0 radical (unpaired) electrons. The molecule has 1 aromatic heterocycles. The quantitative estimate of drug-likeness (QED) is 0.430. The number of methoxy groups -OCH3 is 1. The second kappa shape index (κ2) is 9.34. The molecule has 0 saturated carbocycles. The molecule has 3 rings (SSSR count). The lowest BCUT2D eigenvalue weighted by Crippen LogP contribution is -2.47. The maximum Gasteiger partial charge on any atom is 0.422 e.